The van der Waals surface area contributed by atoms with E-state index >= 15 is 0 Å². The molecule has 0 aliphatic heterocycles. The minimum absolute atomic E-state index is 0.623. The molecular formula is C20H24N6O. The minimum atomic E-state index is 0.623. The number of ether oxygens (including phenoxy) is 1. The van der Waals surface area contributed by atoms with Crippen molar-refractivity contribution in [1.29, 1.82) is 0 Å². The summed E-state index contributed by atoms with van der Waals surface area (Å²) in [5, 5.41) is 10.8. The molecule has 27 heavy (non-hydrogen) atoms. The third-order valence-electron chi connectivity index (χ3n) is 4.12. The Hall–Kier alpha value is -3.35. The highest BCUT2D eigenvalue weighted by molar-refractivity contribution is 5.79. The topological polar surface area (TPSA) is 76.4 Å². The normalized spacial score (nSPS) is 11.3. The Balaban J connectivity index is 1.59. The average molecular weight is 364 g/mol. The van der Waals surface area contributed by atoms with E-state index in [9.17, 15) is 0 Å². The molecule has 7 nitrogen and oxygen atoms in total. The summed E-state index contributed by atoms with van der Waals surface area (Å²) < 4.78 is 7.19. The van der Waals surface area contributed by atoms with Crippen molar-refractivity contribution < 1.29 is 4.74 Å². The SMILES string of the molecule is CN=C(NCc1ccnc(-n2cccn2)c1)NCc1ccc(C)cc1OC. The molecule has 2 aromatic heterocycles. The molecule has 3 aromatic rings. The number of hydrogen-bond donors (Lipinski definition) is 2. The van der Waals surface area contributed by atoms with Crippen LogP contribution in [0.3, 0.4) is 0 Å². The van der Waals surface area contributed by atoms with Crippen molar-refractivity contribution in [1.82, 2.24) is 25.4 Å². The fourth-order valence-corrected chi connectivity index (χ4v) is 2.68. The zero-order valence-corrected chi connectivity index (χ0v) is 15.8. The van der Waals surface area contributed by atoms with Crippen molar-refractivity contribution in [3.05, 3.63) is 71.7 Å². The molecule has 1 aromatic carbocycles. The summed E-state index contributed by atoms with van der Waals surface area (Å²) >= 11 is 0. The Labute approximate surface area is 159 Å². The summed E-state index contributed by atoms with van der Waals surface area (Å²) in [6, 6.07) is 12.0. The zero-order valence-electron chi connectivity index (χ0n) is 15.8. The lowest BCUT2D eigenvalue weighted by Gasteiger charge is -2.14. The number of methoxy groups -OCH3 is 1. The molecule has 0 aliphatic carbocycles. The number of nitrogens with one attached hydrogen (secondary N) is 2. The summed E-state index contributed by atoms with van der Waals surface area (Å²) in [4.78, 5) is 8.63. The molecule has 3 rings (SSSR count). The van der Waals surface area contributed by atoms with Crippen LogP contribution in [0.5, 0.6) is 5.75 Å². The lowest BCUT2D eigenvalue weighted by Crippen LogP contribution is -2.36. The Morgan fingerprint density at radius 1 is 1.15 bits per heavy atom. The number of aliphatic imine (C=N–C) groups is 1. The average Bonchev–Trinajstić information content (AvgIpc) is 3.24. The van der Waals surface area contributed by atoms with Crippen LogP contribution in [0.25, 0.3) is 5.82 Å². The van der Waals surface area contributed by atoms with Gasteiger partial charge in [0.05, 0.1) is 7.11 Å². The van der Waals surface area contributed by atoms with Gasteiger partial charge in [0.1, 0.15) is 5.75 Å². The predicted molar refractivity (Wildman–Crippen MR) is 106 cm³/mol. The summed E-state index contributed by atoms with van der Waals surface area (Å²) in [6.07, 6.45) is 5.38. The van der Waals surface area contributed by atoms with E-state index in [0.29, 0.717) is 13.1 Å². The Bertz CT molecular complexity index is 905. The highest BCUT2D eigenvalue weighted by Crippen LogP contribution is 2.19. The fourth-order valence-electron chi connectivity index (χ4n) is 2.68. The number of guanidine groups is 1. The highest BCUT2D eigenvalue weighted by Gasteiger charge is 2.06. The van der Waals surface area contributed by atoms with Gasteiger partial charge in [-0.25, -0.2) is 9.67 Å². The Morgan fingerprint density at radius 3 is 2.74 bits per heavy atom. The van der Waals surface area contributed by atoms with Crippen molar-refractivity contribution in [3.8, 4) is 11.6 Å². The molecule has 0 bridgehead atoms. The number of hydrogen-bond acceptors (Lipinski definition) is 4. The van der Waals surface area contributed by atoms with Crippen molar-refractivity contribution in [2.75, 3.05) is 14.2 Å². The maximum Gasteiger partial charge on any atom is 0.191 e. The number of aromatic nitrogens is 3. The van der Waals surface area contributed by atoms with Gasteiger partial charge in [-0.2, -0.15) is 5.10 Å². The van der Waals surface area contributed by atoms with Crippen molar-refractivity contribution >= 4 is 5.96 Å². The van der Waals surface area contributed by atoms with Gasteiger partial charge in [0, 0.05) is 44.3 Å². The van der Waals surface area contributed by atoms with E-state index in [0.717, 1.165) is 28.7 Å². The van der Waals surface area contributed by atoms with Gasteiger partial charge in [0.25, 0.3) is 0 Å². The van der Waals surface area contributed by atoms with E-state index in [-0.39, 0.29) is 0 Å². The maximum atomic E-state index is 5.45. The van der Waals surface area contributed by atoms with Crippen molar-refractivity contribution in [3.63, 3.8) is 0 Å². The van der Waals surface area contributed by atoms with E-state index < -0.39 is 0 Å². The maximum absolute atomic E-state index is 5.45. The molecule has 0 aliphatic rings. The third-order valence-corrected chi connectivity index (χ3v) is 4.12. The van der Waals surface area contributed by atoms with Crippen LogP contribution in [0.4, 0.5) is 0 Å². The monoisotopic (exact) mass is 364 g/mol. The number of benzene rings is 1. The van der Waals surface area contributed by atoms with Crippen LogP contribution in [-0.4, -0.2) is 34.9 Å². The van der Waals surface area contributed by atoms with Gasteiger partial charge in [-0.3, -0.25) is 4.99 Å². The Morgan fingerprint density at radius 2 is 2.00 bits per heavy atom. The summed E-state index contributed by atoms with van der Waals surface area (Å²) in [6.45, 7) is 3.30. The first-order chi connectivity index (χ1) is 13.2. The van der Waals surface area contributed by atoms with Crippen molar-refractivity contribution in [2.45, 2.75) is 20.0 Å². The molecule has 0 atom stereocenters. The number of aryl methyl sites for hydroxylation is 1. The molecule has 7 heteroatoms. The second-order valence-electron chi connectivity index (χ2n) is 6.07. The van der Waals surface area contributed by atoms with Crippen LogP contribution in [0, 0.1) is 6.92 Å². The van der Waals surface area contributed by atoms with E-state index in [4.69, 9.17) is 4.74 Å². The summed E-state index contributed by atoms with van der Waals surface area (Å²) in [5.41, 5.74) is 3.34. The Kier molecular flexibility index (Phi) is 6.04. The lowest BCUT2D eigenvalue weighted by molar-refractivity contribution is 0.408. The molecule has 0 unspecified atom stereocenters. The second-order valence-corrected chi connectivity index (χ2v) is 6.07. The summed E-state index contributed by atoms with van der Waals surface area (Å²) in [7, 11) is 3.44. The third kappa shape index (κ3) is 4.84. The van der Waals surface area contributed by atoms with E-state index in [1.807, 2.05) is 37.4 Å². The first-order valence-corrected chi connectivity index (χ1v) is 8.72. The van der Waals surface area contributed by atoms with Gasteiger partial charge in [0.2, 0.25) is 0 Å². The first-order valence-electron chi connectivity index (χ1n) is 8.72. The van der Waals surface area contributed by atoms with Crippen LogP contribution >= 0.6 is 0 Å². The van der Waals surface area contributed by atoms with Gasteiger partial charge in [-0.05, 0) is 42.3 Å². The molecule has 0 amide bonds. The molecule has 140 valence electrons. The molecule has 0 saturated carbocycles. The highest BCUT2D eigenvalue weighted by atomic mass is 16.5. The largest absolute Gasteiger partial charge is 0.496 e. The number of nitrogens with zero attached hydrogens (tertiary/aromatic N) is 4. The molecule has 0 saturated heterocycles. The van der Waals surface area contributed by atoms with E-state index in [2.05, 4.69) is 37.8 Å². The smallest absolute Gasteiger partial charge is 0.191 e. The molecular weight excluding hydrogens is 340 g/mol. The van der Waals surface area contributed by atoms with E-state index in [1.54, 1.807) is 31.2 Å². The van der Waals surface area contributed by atoms with Crippen molar-refractivity contribution in [2.24, 2.45) is 4.99 Å². The van der Waals surface area contributed by atoms with Crippen LogP contribution in [0.15, 0.2) is 60.0 Å². The van der Waals surface area contributed by atoms with Crippen LogP contribution in [0.2, 0.25) is 0 Å². The van der Waals surface area contributed by atoms with Crippen LogP contribution < -0.4 is 15.4 Å². The van der Waals surface area contributed by atoms with Crippen LogP contribution in [0.1, 0.15) is 16.7 Å². The minimum Gasteiger partial charge on any atom is -0.496 e. The molecule has 2 heterocycles. The first kappa shape index (κ1) is 18.4. The van der Waals surface area contributed by atoms with Gasteiger partial charge < -0.3 is 15.4 Å². The van der Waals surface area contributed by atoms with E-state index in [1.165, 1.54) is 5.56 Å². The predicted octanol–water partition coefficient (Wildman–Crippen LogP) is 2.45. The zero-order chi connectivity index (χ0) is 19.1. The summed E-state index contributed by atoms with van der Waals surface area (Å²) in [5.74, 6) is 2.37. The van der Waals surface area contributed by atoms with Gasteiger partial charge in [-0.15, -0.1) is 0 Å². The second kappa shape index (κ2) is 8.84. The fraction of sp³-hybridized carbons (Fsp3) is 0.250. The molecule has 0 radical (unpaired) electrons. The quantitative estimate of drug-likeness (QED) is 0.519. The van der Waals surface area contributed by atoms with Gasteiger partial charge in [0.15, 0.2) is 11.8 Å². The molecule has 2 N–H and O–H groups in total. The van der Waals surface area contributed by atoms with Gasteiger partial charge >= 0.3 is 0 Å². The standard InChI is InChI=1S/C20H24N6O/c1-15-5-6-17(18(11-15)27-3)14-24-20(21-2)23-13-16-7-9-22-19(12-16)26-10-4-8-25-26/h4-12H,13-14H2,1-3H3,(H2,21,23,24). The molecule has 0 fully saturated rings. The van der Waals surface area contributed by atoms with Gasteiger partial charge in [-0.1, -0.05) is 12.1 Å². The number of rotatable bonds is 6. The number of pyridine rings is 1. The van der Waals surface area contributed by atoms with Crippen LogP contribution in [-0.2, 0) is 13.1 Å². The molecule has 0 spiro atoms. The lowest BCUT2D eigenvalue weighted by atomic mass is 10.1.